The zero-order valence-electron chi connectivity index (χ0n) is 16.4. The molecule has 0 aromatic heterocycles. The molecule has 1 aliphatic carbocycles. The highest BCUT2D eigenvalue weighted by atomic mass is 35.5. The van der Waals surface area contributed by atoms with Crippen molar-refractivity contribution in [1.82, 2.24) is 0 Å². The van der Waals surface area contributed by atoms with Crippen LogP contribution in [0.5, 0.6) is 11.5 Å². The van der Waals surface area contributed by atoms with Crippen molar-refractivity contribution in [3.63, 3.8) is 0 Å². The van der Waals surface area contributed by atoms with Gasteiger partial charge in [0.2, 0.25) is 0 Å². The van der Waals surface area contributed by atoms with Gasteiger partial charge in [0.05, 0.1) is 17.2 Å². The summed E-state index contributed by atoms with van der Waals surface area (Å²) in [5.74, 6) is -0.552. The Kier molecular flexibility index (Phi) is 7.15. The molecule has 1 aliphatic rings. The van der Waals surface area contributed by atoms with Crippen LogP contribution < -0.4 is 4.74 Å². The Morgan fingerprint density at radius 2 is 1.76 bits per heavy atom. The molecule has 0 unspecified atom stereocenters. The molecule has 1 N–H and O–H groups in total. The minimum Gasteiger partial charge on any atom is -0.503 e. The van der Waals surface area contributed by atoms with E-state index in [-0.39, 0.29) is 34.5 Å². The van der Waals surface area contributed by atoms with Gasteiger partial charge in [0.1, 0.15) is 0 Å². The van der Waals surface area contributed by atoms with Crippen LogP contribution in [0.4, 0.5) is 0 Å². The molecule has 29 heavy (non-hydrogen) atoms. The van der Waals surface area contributed by atoms with Gasteiger partial charge in [-0.15, -0.1) is 0 Å². The average molecular weight is 417 g/mol. The van der Waals surface area contributed by atoms with Gasteiger partial charge in [-0.1, -0.05) is 55.1 Å². The topological polar surface area (TPSA) is 72.8 Å². The van der Waals surface area contributed by atoms with Crippen LogP contribution in [0.2, 0.25) is 5.02 Å². The summed E-state index contributed by atoms with van der Waals surface area (Å²) in [6, 6.07) is 10.2. The Balaban J connectivity index is 1.60. The summed E-state index contributed by atoms with van der Waals surface area (Å²) >= 11 is 5.93. The van der Waals surface area contributed by atoms with Crippen LogP contribution in [0.15, 0.2) is 36.4 Å². The maximum absolute atomic E-state index is 12.4. The second-order valence-electron chi connectivity index (χ2n) is 7.19. The number of carbonyl (C=O) groups excluding carboxylic acids is 2. The fourth-order valence-electron chi connectivity index (χ4n) is 3.63. The van der Waals surface area contributed by atoms with Crippen LogP contribution in [-0.4, -0.2) is 30.1 Å². The minimum absolute atomic E-state index is 0.0208. The van der Waals surface area contributed by atoms with Gasteiger partial charge in [-0.05, 0) is 43.4 Å². The predicted molar refractivity (Wildman–Crippen MR) is 111 cm³/mol. The summed E-state index contributed by atoms with van der Waals surface area (Å²) in [4.78, 5) is 24.7. The Morgan fingerprint density at radius 1 is 1.07 bits per heavy atom. The van der Waals surface area contributed by atoms with E-state index >= 15 is 0 Å². The number of phenolic OH excluding ortho intramolecular Hbond substituents is 1. The number of aromatic hydroxyl groups is 1. The van der Waals surface area contributed by atoms with Gasteiger partial charge < -0.3 is 14.6 Å². The summed E-state index contributed by atoms with van der Waals surface area (Å²) in [6.45, 7) is 1.68. The first-order chi connectivity index (χ1) is 14.0. The fraction of sp³-hybridized carbons (Fsp3) is 0.391. The molecule has 0 aliphatic heterocycles. The van der Waals surface area contributed by atoms with Gasteiger partial charge in [-0.3, -0.25) is 4.79 Å². The van der Waals surface area contributed by atoms with E-state index < -0.39 is 5.97 Å². The molecule has 0 amide bonds. The first kappa shape index (κ1) is 21.2. The lowest BCUT2D eigenvalue weighted by atomic mass is 9.84. The Hall–Kier alpha value is -2.53. The Labute approximate surface area is 175 Å². The smallest absolute Gasteiger partial charge is 0.338 e. The summed E-state index contributed by atoms with van der Waals surface area (Å²) in [6.07, 6.45) is 6.21. The van der Waals surface area contributed by atoms with Crippen LogP contribution in [0.1, 0.15) is 71.2 Å². The number of benzene rings is 2. The van der Waals surface area contributed by atoms with Crippen molar-refractivity contribution in [3.8, 4) is 11.5 Å². The molecular formula is C23H25ClO5. The SMILES string of the molecule is CCOc1cc(C(=O)OCC(=O)c2ccc(C3CCCCC3)cc2)cc(Cl)c1O. The highest BCUT2D eigenvalue weighted by Gasteiger charge is 2.18. The van der Waals surface area contributed by atoms with Crippen molar-refractivity contribution < 1.29 is 24.2 Å². The molecule has 1 saturated carbocycles. The van der Waals surface area contributed by atoms with E-state index in [9.17, 15) is 14.7 Å². The summed E-state index contributed by atoms with van der Waals surface area (Å²) in [7, 11) is 0. The van der Waals surface area contributed by atoms with Crippen LogP contribution in [-0.2, 0) is 4.74 Å². The minimum atomic E-state index is -0.708. The molecule has 0 atom stereocenters. The first-order valence-corrected chi connectivity index (χ1v) is 10.3. The van der Waals surface area contributed by atoms with E-state index in [4.69, 9.17) is 21.1 Å². The largest absolute Gasteiger partial charge is 0.503 e. The lowest BCUT2D eigenvalue weighted by Gasteiger charge is -2.22. The molecule has 2 aromatic rings. The van der Waals surface area contributed by atoms with E-state index in [1.807, 2.05) is 12.1 Å². The highest BCUT2D eigenvalue weighted by molar-refractivity contribution is 6.32. The standard InChI is InChI=1S/C23H25ClO5/c1-2-28-21-13-18(12-19(24)22(21)26)23(27)29-14-20(25)17-10-8-16(9-11-17)15-6-4-3-5-7-15/h8-13,15,26H,2-7,14H2,1H3. The molecule has 0 bridgehead atoms. The molecule has 0 saturated heterocycles. The highest BCUT2D eigenvalue weighted by Crippen LogP contribution is 2.35. The molecule has 3 rings (SSSR count). The lowest BCUT2D eigenvalue weighted by Crippen LogP contribution is -2.14. The number of Topliss-reactive ketones (excluding diaryl/α,β-unsaturated/α-hetero) is 1. The number of rotatable bonds is 7. The van der Waals surface area contributed by atoms with Gasteiger partial charge >= 0.3 is 5.97 Å². The predicted octanol–water partition coefficient (Wildman–Crippen LogP) is 5.53. The average Bonchev–Trinajstić information content (AvgIpc) is 2.75. The molecule has 1 fully saturated rings. The maximum atomic E-state index is 12.4. The summed E-state index contributed by atoms with van der Waals surface area (Å²) in [5.41, 5.74) is 1.88. The molecular weight excluding hydrogens is 392 g/mol. The summed E-state index contributed by atoms with van der Waals surface area (Å²) < 4.78 is 10.4. The van der Waals surface area contributed by atoms with Crippen molar-refractivity contribution >= 4 is 23.4 Å². The van der Waals surface area contributed by atoms with Crippen LogP contribution in [0.3, 0.4) is 0 Å². The van der Waals surface area contributed by atoms with Crippen LogP contribution in [0.25, 0.3) is 0 Å². The van der Waals surface area contributed by atoms with Crippen molar-refractivity contribution in [2.45, 2.75) is 44.9 Å². The number of ketones is 1. The van der Waals surface area contributed by atoms with E-state index in [0.29, 0.717) is 18.1 Å². The number of halogens is 1. The summed E-state index contributed by atoms with van der Waals surface area (Å²) in [5, 5.41) is 9.83. The van der Waals surface area contributed by atoms with Gasteiger partial charge in [0.25, 0.3) is 0 Å². The second-order valence-corrected chi connectivity index (χ2v) is 7.60. The van der Waals surface area contributed by atoms with Crippen molar-refractivity contribution in [3.05, 3.63) is 58.1 Å². The fourth-order valence-corrected chi connectivity index (χ4v) is 3.84. The maximum Gasteiger partial charge on any atom is 0.338 e. The number of ether oxygens (including phenoxy) is 2. The monoisotopic (exact) mass is 416 g/mol. The van der Waals surface area contributed by atoms with Gasteiger partial charge in [-0.2, -0.15) is 0 Å². The second kappa shape index (κ2) is 9.79. The van der Waals surface area contributed by atoms with E-state index in [1.54, 1.807) is 19.1 Å². The lowest BCUT2D eigenvalue weighted by molar-refractivity contribution is 0.0474. The van der Waals surface area contributed by atoms with Crippen LogP contribution in [0, 0.1) is 0 Å². The van der Waals surface area contributed by atoms with Crippen molar-refractivity contribution in [1.29, 1.82) is 0 Å². The van der Waals surface area contributed by atoms with E-state index in [0.717, 1.165) is 0 Å². The number of hydrogen-bond donors (Lipinski definition) is 1. The Morgan fingerprint density at radius 3 is 2.41 bits per heavy atom. The van der Waals surface area contributed by atoms with E-state index in [1.165, 1.54) is 49.8 Å². The third-order valence-corrected chi connectivity index (χ3v) is 5.50. The van der Waals surface area contributed by atoms with Gasteiger partial charge in [-0.25, -0.2) is 4.79 Å². The molecule has 0 heterocycles. The van der Waals surface area contributed by atoms with Crippen LogP contribution >= 0.6 is 11.6 Å². The number of hydrogen-bond acceptors (Lipinski definition) is 5. The number of phenols is 1. The number of carbonyl (C=O) groups is 2. The molecule has 154 valence electrons. The molecule has 0 radical (unpaired) electrons. The molecule has 2 aromatic carbocycles. The van der Waals surface area contributed by atoms with Crippen molar-refractivity contribution in [2.24, 2.45) is 0 Å². The van der Waals surface area contributed by atoms with Gasteiger partial charge in [0.15, 0.2) is 23.9 Å². The first-order valence-electron chi connectivity index (χ1n) is 9.95. The molecule has 0 spiro atoms. The number of esters is 1. The third-order valence-electron chi connectivity index (χ3n) is 5.21. The quantitative estimate of drug-likeness (QED) is 0.474. The zero-order valence-corrected chi connectivity index (χ0v) is 17.2. The molecule has 5 nitrogen and oxygen atoms in total. The Bertz CT molecular complexity index is 870. The van der Waals surface area contributed by atoms with Crippen molar-refractivity contribution in [2.75, 3.05) is 13.2 Å². The normalized spacial score (nSPS) is 14.4. The van der Waals surface area contributed by atoms with Gasteiger partial charge in [0, 0.05) is 5.56 Å². The zero-order chi connectivity index (χ0) is 20.8. The molecule has 6 heteroatoms. The van der Waals surface area contributed by atoms with E-state index in [2.05, 4.69) is 0 Å². The third kappa shape index (κ3) is 5.30.